The van der Waals surface area contributed by atoms with Crippen LogP contribution in [0.25, 0.3) is 0 Å². The maximum atomic E-state index is 12.1. The summed E-state index contributed by atoms with van der Waals surface area (Å²) in [5.74, 6) is 0.872. The van der Waals surface area contributed by atoms with Crippen LogP contribution in [0.1, 0.15) is 57.1 Å². The van der Waals surface area contributed by atoms with Crippen molar-refractivity contribution in [2.24, 2.45) is 11.8 Å². The van der Waals surface area contributed by atoms with E-state index in [2.05, 4.69) is 38.6 Å². The van der Waals surface area contributed by atoms with Gasteiger partial charge in [0.25, 0.3) is 0 Å². The summed E-state index contributed by atoms with van der Waals surface area (Å²) < 4.78 is 0. The molecule has 0 N–H and O–H groups in total. The fourth-order valence-corrected chi connectivity index (χ4v) is 3.28. The zero-order valence-electron chi connectivity index (χ0n) is 14.3. The third-order valence-electron chi connectivity index (χ3n) is 5.04. The molecule has 2 rings (SSSR count). The van der Waals surface area contributed by atoms with Crippen LogP contribution in [-0.4, -0.2) is 5.78 Å². The normalized spacial score (nSPS) is 23.5. The molecule has 2 heteroatoms. The number of hydrogen-bond donors (Lipinski definition) is 0. The molecule has 0 spiro atoms. The second-order valence-corrected chi connectivity index (χ2v) is 6.61. The van der Waals surface area contributed by atoms with Crippen LogP contribution in [0, 0.1) is 23.2 Å². The first kappa shape index (κ1) is 17.2. The van der Waals surface area contributed by atoms with Gasteiger partial charge in [0.1, 0.15) is 5.78 Å². The summed E-state index contributed by atoms with van der Waals surface area (Å²) in [5.41, 5.74) is 4.18. The van der Waals surface area contributed by atoms with Crippen molar-refractivity contribution < 1.29 is 4.79 Å². The topological polar surface area (TPSA) is 40.9 Å². The van der Waals surface area contributed by atoms with E-state index in [-0.39, 0.29) is 17.8 Å². The Labute approximate surface area is 139 Å². The van der Waals surface area contributed by atoms with Crippen molar-refractivity contribution in [3.63, 3.8) is 0 Å². The van der Waals surface area contributed by atoms with Crippen LogP contribution in [0.5, 0.6) is 0 Å². The Morgan fingerprint density at radius 2 is 2.22 bits per heavy atom. The highest BCUT2D eigenvalue weighted by Gasteiger charge is 2.29. The predicted molar refractivity (Wildman–Crippen MR) is 94.0 cm³/mol. The first-order chi connectivity index (χ1) is 11.0. The van der Waals surface area contributed by atoms with E-state index in [4.69, 9.17) is 5.26 Å². The molecular formula is C21H25NO. The summed E-state index contributed by atoms with van der Waals surface area (Å²) in [7, 11) is 0. The number of nitriles is 1. The van der Waals surface area contributed by atoms with Crippen LogP contribution < -0.4 is 0 Å². The molecule has 2 nitrogen and oxygen atoms in total. The SMILES string of the molecule is C=C1C[C@H](/C(C)=C/C(CC)c2cccc(C#N)c2)CC(=O)C1C. The number of rotatable bonds is 4. The number of Topliss-reactive ketones (excluding diaryl/α,β-unsaturated/α-hetero) is 1. The smallest absolute Gasteiger partial charge is 0.140 e. The largest absolute Gasteiger partial charge is 0.299 e. The van der Waals surface area contributed by atoms with Crippen molar-refractivity contribution in [1.29, 1.82) is 5.26 Å². The Balaban J connectivity index is 2.22. The number of hydrogen-bond acceptors (Lipinski definition) is 2. The molecule has 1 aromatic rings. The quantitative estimate of drug-likeness (QED) is 0.720. The molecule has 0 heterocycles. The lowest BCUT2D eigenvalue weighted by Gasteiger charge is -2.29. The third kappa shape index (κ3) is 3.99. The van der Waals surface area contributed by atoms with Gasteiger partial charge < -0.3 is 0 Å². The zero-order chi connectivity index (χ0) is 17.0. The Morgan fingerprint density at radius 1 is 1.48 bits per heavy atom. The number of nitrogens with zero attached hydrogens (tertiary/aromatic N) is 1. The van der Waals surface area contributed by atoms with Gasteiger partial charge in [-0.05, 0) is 43.4 Å². The van der Waals surface area contributed by atoms with Crippen molar-refractivity contribution in [1.82, 2.24) is 0 Å². The Hall–Kier alpha value is -2.14. The van der Waals surface area contributed by atoms with Crippen LogP contribution in [0.2, 0.25) is 0 Å². The molecule has 0 bridgehead atoms. The van der Waals surface area contributed by atoms with Gasteiger partial charge in [-0.3, -0.25) is 4.79 Å². The minimum absolute atomic E-state index is 0.00771. The molecule has 0 aromatic heterocycles. The van der Waals surface area contributed by atoms with Crippen molar-refractivity contribution >= 4 is 5.78 Å². The van der Waals surface area contributed by atoms with Crippen LogP contribution in [-0.2, 0) is 4.79 Å². The molecular weight excluding hydrogens is 282 g/mol. The van der Waals surface area contributed by atoms with E-state index in [0.717, 1.165) is 18.4 Å². The van der Waals surface area contributed by atoms with Gasteiger partial charge in [0, 0.05) is 18.3 Å². The molecule has 0 amide bonds. The van der Waals surface area contributed by atoms with Gasteiger partial charge in [-0.15, -0.1) is 0 Å². The highest BCUT2D eigenvalue weighted by atomic mass is 16.1. The summed E-state index contributed by atoms with van der Waals surface area (Å²) in [6.45, 7) is 10.3. The standard InChI is InChI=1S/C21H25NO/c1-5-18(19-8-6-7-17(11-19)13-22)10-15(3)20-9-14(2)16(4)21(23)12-20/h6-8,10-11,16,18,20H,2,5,9,12H2,1,3-4H3/b15-10+/t16?,18?,20-/m0/s1. The van der Waals surface area contributed by atoms with E-state index in [1.54, 1.807) is 0 Å². The van der Waals surface area contributed by atoms with Crippen molar-refractivity contribution in [2.75, 3.05) is 0 Å². The van der Waals surface area contributed by atoms with Crippen LogP contribution in [0.15, 0.2) is 48.1 Å². The maximum Gasteiger partial charge on any atom is 0.140 e. The molecule has 1 saturated carbocycles. The van der Waals surface area contributed by atoms with Crippen molar-refractivity contribution in [3.05, 3.63) is 59.2 Å². The lowest BCUT2D eigenvalue weighted by molar-refractivity contribution is -0.123. The monoisotopic (exact) mass is 307 g/mol. The van der Waals surface area contributed by atoms with E-state index < -0.39 is 0 Å². The van der Waals surface area contributed by atoms with Gasteiger partial charge in [-0.1, -0.05) is 49.8 Å². The molecule has 0 saturated heterocycles. The first-order valence-corrected chi connectivity index (χ1v) is 8.35. The molecule has 23 heavy (non-hydrogen) atoms. The Bertz CT molecular complexity index is 659. The zero-order valence-corrected chi connectivity index (χ0v) is 14.3. The molecule has 120 valence electrons. The van der Waals surface area contributed by atoms with Gasteiger partial charge in [-0.2, -0.15) is 5.26 Å². The molecule has 0 aliphatic heterocycles. The summed E-state index contributed by atoms with van der Waals surface area (Å²) in [6, 6.07) is 10.0. The second kappa shape index (κ2) is 7.42. The van der Waals surface area contributed by atoms with Crippen LogP contribution >= 0.6 is 0 Å². The molecule has 3 atom stereocenters. The first-order valence-electron chi connectivity index (χ1n) is 8.35. The Morgan fingerprint density at radius 3 is 2.83 bits per heavy atom. The van der Waals surface area contributed by atoms with Crippen molar-refractivity contribution in [2.45, 2.75) is 46.0 Å². The van der Waals surface area contributed by atoms with Gasteiger partial charge in [0.15, 0.2) is 0 Å². The number of benzene rings is 1. The average Bonchev–Trinajstić information content (AvgIpc) is 2.56. The van der Waals surface area contributed by atoms with E-state index in [0.29, 0.717) is 17.8 Å². The lowest BCUT2D eigenvalue weighted by Crippen LogP contribution is -2.25. The van der Waals surface area contributed by atoms with Gasteiger partial charge >= 0.3 is 0 Å². The molecule has 2 unspecified atom stereocenters. The van der Waals surface area contributed by atoms with Crippen LogP contribution in [0.4, 0.5) is 0 Å². The van der Waals surface area contributed by atoms with Gasteiger partial charge in [0.05, 0.1) is 11.6 Å². The fraction of sp³-hybridized carbons (Fsp3) is 0.429. The second-order valence-electron chi connectivity index (χ2n) is 6.61. The highest BCUT2D eigenvalue weighted by molar-refractivity contribution is 5.85. The lowest BCUT2D eigenvalue weighted by atomic mass is 9.75. The number of ketones is 1. The third-order valence-corrected chi connectivity index (χ3v) is 5.04. The highest BCUT2D eigenvalue weighted by Crippen LogP contribution is 2.35. The molecule has 1 fully saturated rings. The number of carbonyl (C=O) groups excluding carboxylic acids is 1. The molecule has 1 aliphatic carbocycles. The van der Waals surface area contributed by atoms with Crippen LogP contribution in [0.3, 0.4) is 0 Å². The maximum absolute atomic E-state index is 12.1. The molecule has 1 aliphatic rings. The van der Waals surface area contributed by atoms with Gasteiger partial charge in [-0.25, -0.2) is 0 Å². The van der Waals surface area contributed by atoms with E-state index >= 15 is 0 Å². The Kier molecular flexibility index (Phi) is 5.55. The summed E-state index contributed by atoms with van der Waals surface area (Å²) in [5, 5.41) is 9.07. The number of allylic oxidation sites excluding steroid dienone is 3. The summed E-state index contributed by atoms with van der Waals surface area (Å²) >= 11 is 0. The van der Waals surface area contributed by atoms with E-state index in [1.807, 2.05) is 25.1 Å². The van der Waals surface area contributed by atoms with Crippen molar-refractivity contribution in [3.8, 4) is 6.07 Å². The van der Waals surface area contributed by atoms with Gasteiger partial charge in [0.2, 0.25) is 0 Å². The minimum atomic E-state index is 0.00771. The van der Waals surface area contributed by atoms with E-state index in [1.165, 1.54) is 11.1 Å². The molecule has 1 aromatic carbocycles. The fourth-order valence-electron chi connectivity index (χ4n) is 3.28. The minimum Gasteiger partial charge on any atom is -0.299 e. The predicted octanol–water partition coefficient (Wildman–Crippen LogP) is 5.17. The molecule has 0 radical (unpaired) electrons. The van der Waals surface area contributed by atoms with E-state index in [9.17, 15) is 4.79 Å². The average molecular weight is 307 g/mol. The summed E-state index contributed by atoms with van der Waals surface area (Å²) in [6.07, 6.45) is 4.78. The number of carbonyl (C=O) groups is 1. The summed E-state index contributed by atoms with van der Waals surface area (Å²) in [4.78, 5) is 12.1.